The Balaban J connectivity index is 2.07. The van der Waals surface area contributed by atoms with E-state index in [2.05, 4.69) is 15.2 Å². The van der Waals surface area contributed by atoms with Gasteiger partial charge in [0.1, 0.15) is 0 Å². The van der Waals surface area contributed by atoms with Crippen LogP contribution < -0.4 is 16.0 Å². The number of hydrogen-bond acceptors (Lipinski definition) is 4. The third-order valence-corrected chi connectivity index (χ3v) is 2.92. The number of nitrogens with two attached hydrogens (primary N) is 1. The maximum Gasteiger partial charge on any atom is 0.404 e. The van der Waals surface area contributed by atoms with E-state index in [4.69, 9.17) is 10.8 Å². The van der Waals surface area contributed by atoms with Crippen molar-refractivity contribution in [2.24, 2.45) is 0 Å². The van der Waals surface area contributed by atoms with Gasteiger partial charge >= 0.3 is 6.09 Å². The molecular weight excluding hydrogens is 220 g/mol. The summed E-state index contributed by atoms with van der Waals surface area (Å²) in [5, 5.41) is 11.2. The van der Waals surface area contributed by atoms with Crippen molar-refractivity contribution in [2.75, 3.05) is 23.7 Å². The third-order valence-electron chi connectivity index (χ3n) is 2.92. The second-order valence-electron chi connectivity index (χ2n) is 4.17. The number of nitrogen functional groups attached to an aromatic ring is 1. The number of rotatable bonds is 2. The number of piperidine rings is 1. The topological polar surface area (TPSA) is 91.5 Å². The molecule has 4 N–H and O–H groups in total. The number of carbonyl (C=O) groups is 1. The number of anilines is 2. The van der Waals surface area contributed by atoms with Gasteiger partial charge in [0.25, 0.3) is 0 Å². The van der Waals surface area contributed by atoms with Crippen LogP contribution in [0.25, 0.3) is 0 Å². The Bertz CT molecular complexity index is 410. The fraction of sp³-hybridized carbons (Fsp3) is 0.455. The van der Waals surface area contributed by atoms with Crippen LogP contribution in [0.2, 0.25) is 0 Å². The van der Waals surface area contributed by atoms with Gasteiger partial charge in [-0.1, -0.05) is 0 Å². The van der Waals surface area contributed by atoms with E-state index in [0.717, 1.165) is 25.1 Å². The molecule has 1 aromatic rings. The van der Waals surface area contributed by atoms with Crippen molar-refractivity contribution in [3.05, 3.63) is 18.5 Å². The van der Waals surface area contributed by atoms with Gasteiger partial charge in [0.2, 0.25) is 0 Å². The second kappa shape index (κ2) is 4.90. The van der Waals surface area contributed by atoms with Crippen LogP contribution in [-0.2, 0) is 0 Å². The second-order valence-corrected chi connectivity index (χ2v) is 4.17. The summed E-state index contributed by atoms with van der Waals surface area (Å²) >= 11 is 0. The molecule has 0 aromatic carbocycles. The highest BCUT2D eigenvalue weighted by molar-refractivity contribution is 5.67. The number of hydrogen-bond donors (Lipinski definition) is 3. The lowest BCUT2D eigenvalue weighted by molar-refractivity contribution is 0.188. The molecule has 0 radical (unpaired) electrons. The number of pyridine rings is 1. The number of aromatic nitrogens is 1. The maximum atomic E-state index is 10.6. The van der Waals surface area contributed by atoms with Gasteiger partial charge in [0.05, 0.1) is 17.6 Å². The van der Waals surface area contributed by atoms with E-state index in [1.165, 1.54) is 0 Å². The van der Waals surface area contributed by atoms with E-state index >= 15 is 0 Å². The summed E-state index contributed by atoms with van der Waals surface area (Å²) in [5.41, 5.74) is 7.41. The predicted octanol–water partition coefficient (Wildman–Crippen LogP) is 0.900. The molecule has 17 heavy (non-hydrogen) atoms. The molecule has 1 saturated heterocycles. The zero-order chi connectivity index (χ0) is 12.3. The Morgan fingerprint density at radius 2 is 2.47 bits per heavy atom. The van der Waals surface area contributed by atoms with Gasteiger partial charge in [-0.2, -0.15) is 0 Å². The van der Waals surface area contributed by atoms with Crippen LogP contribution in [0.3, 0.4) is 0 Å². The minimum Gasteiger partial charge on any atom is -0.465 e. The smallest absolute Gasteiger partial charge is 0.404 e. The standard InChI is InChI=1S/C11H16N4O2/c12-9-6-13-4-3-10(9)15-5-1-2-8(7-15)14-11(16)17/h3-4,6,8,14H,1-2,5,7,12H2,(H,16,17). The molecule has 0 spiro atoms. The van der Waals surface area contributed by atoms with E-state index < -0.39 is 6.09 Å². The van der Waals surface area contributed by atoms with Gasteiger partial charge in [0.15, 0.2) is 0 Å². The highest BCUT2D eigenvalue weighted by atomic mass is 16.4. The molecule has 0 saturated carbocycles. The van der Waals surface area contributed by atoms with Crippen molar-refractivity contribution in [1.82, 2.24) is 10.3 Å². The Kier molecular flexibility index (Phi) is 3.32. The highest BCUT2D eigenvalue weighted by Gasteiger charge is 2.22. The lowest BCUT2D eigenvalue weighted by atomic mass is 10.1. The summed E-state index contributed by atoms with van der Waals surface area (Å²) in [7, 11) is 0. The number of amides is 1. The van der Waals surface area contributed by atoms with Gasteiger partial charge < -0.3 is 21.1 Å². The van der Waals surface area contributed by atoms with Gasteiger partial charge in [0, 0.05) is 25.3 Å². The molecule has 2 rings (SSSR count). The van der Waals surface area contributed by atoms with Gasteiger partial charge in [-0.05, 0) is 18.9 Å². The average molecular weight is 236 g/mol. The zero-order valence-corrected chi connectivity index (χ0v) is 9.47. The first kappa shape index (κ1) is 11.5. The van der Waals surface area contributed by atoms with Gasteiger partial charge in [-0.3, -0.25) is 4.98 Å². The summed E-state index contributed by atoms with van der Waals surface area (Å²) in [5.74, 6) is 0. The molecule has 92 valence electrons. The molecule has 6 heteroatoms. The molecule has 2 heterocycles. The number of nitrogens with zero attached hydrogens (tertiary/aromatic N) is 2. The normalized spacial score (nSPS) is 20.0. The first-order valence-corrected chi connectivity index (χ1v) is 5.60. The van der Waals surface area contributed by atoms with Crippen LogP contribution in [0, 0.1) is 0 Å². The maximum absolute atomic E-state index is 10.6. The molecule has 0 aliphatic carbocycles. The molecule has 1 aliphatic rings. The van der Waals surface area contributed by atoms with E-state index in [0.29, 0.717) is 12.2 Å². The molecule has 1 unspecified atom stereocenters. The summed E-state index contributed by atoms with van der Waals surface area (Å²) in [6.07, 6.45) is 4.16. The van der Waals surface area contributed by atoms with Crippen LogP contribution in [0.1, 0.15) is 12.8 Å². The SMILES string of the molecule is Nc1cnccc1N1CCCC(NC(=O)O)C1. The molecule has 1 aromatic heterocycles. The van der Waals surface area contributed by atoms with Crippen LogP contribution in [0.15, 0.2) is 18.5 Å². The van der Waals surface area contributed by atoms with E-state index in [1.807, 2.05) is 6.07 Å². The Hall–Kier alpha value is -1.98. The van der Waals surface area contributed by atoms with Crippen LogP contribution >= 0.6 is 0 Å². The Labute approximate surface area is 99.4 Å². The van der Waals surface area contributed by atoms with Crippen molar-refractivity contribution in [1.29, 1.82) is 0 Å². The Morgan fingerprint density at radius 1 is 1.65 bits per heavy atom. The molecule has 1 aliphatic heterocycles. The van der Waals surface area contributed by atoms with Crippen LogP contribution in [-0.4, -0.2) is 35.3 Å². The van der Waals surface area contributed by atoms with Crippen molar-refractivity contribution in [3.8, 4) is 0 Å². The van der Waals surface area contributed by atoms with E-state index in [9.17, 15) is 4.79 Å². The van der Waals surface area contributed by atoms with Crippen molar-refractivity contribution in [2.45, 2.75) is 18.9 Å². The third kappa shape index (κ3) is 2.77. The Morgan fingerprint density at radius 3 is 3.18 bits per heavy atom. The molecule has 0 bridgehead atoms. The lowest BCUT2D eigenvalue weighted by Gasteiger charge is -2.34. The molecule has 6 nitrogen and oxygen atoms in total. The predicted molar refractivity (Wildman–Crippen MR) is 65.0 cm³/mol. The minimum absolute atomic E-state index is 0.0335. The largest absolute Gasteiger partial charge is 0.465 e. The lowest BCUT2D eigenvalue weighted by Crippen LogP contribution is -2.47. The van der Waals surface area contributed by atoms with Crippen molar-refractivity contribution in [3.63, 3.8) is 0 Å². The average Bonchev–Trinajstić information content (AvgIpc) is 2.29. The molecule has 1 atom stereocenters. The van der Waals surface area contributed by atoms with E-state index in [-0.39, 0.29) is 6.04 Å². The highest BCUT2D eigenvalue weighted by Crippen LogP contribution is 2.24. The van der Waals surface area contributed by atoms with Gasteiger partial charge in [-0.15, -0.1) is 0 Å². The number of carboxylic acid groups (broad SMARTS) is 1. The number of nitrogens with one attached hydrogen (secondary N) is 1. The van der Waals surface area contributed by atoms with Crippen molar-refractivity contribution >= 4 is 17.5 Å². The van der Waals surface area contributed by atoms with Crippen molar-refractivity contribution < 1.29 is 9.90 Å². The fourth-order valence-electron chi connectivity index (χ4n) is 2.18. The zero-order valence-electron chi connectivity index (χ0n) is 9.47. The summed E-state index contributed by atoms with van der Waals surface area (Å²) in [4.78, 5) is 16.7. The molecular formula is C11H16N4O2. The summed E-state index contributed by atoms with van der Waals surface area (Å²) < 4.78 is 0. The fourth-order valence-corrected chi connectivity index (χ4v) is 2.18. The van der Waals surface area contributed by atoms with Crippen LogP contribution in [0.5, 0.6) is 0 Å². The first-order chi connectivity index (χ1) is 8.16. The van der Waals surface area contributed by atoms with E-state index in [1.54, 1.807) is 12.4 Å². The first-order valence-electron chi connectivity index (χ1n) is 5.60. The molecule has 1 fully saturated rings. The summed E-state index contributed by atoms with van der Waals surface area (Å²) in [6, 6.07) is 1.83. The molecule has 1 amide bonds. The summed E-state index contributed by atoms with van der Waals surface area (Å²) in [6.45, 7) is 1.55. The van der Waals surface area contributed by atoms with Crippen LogP contribution in [0.4, 0.5) is 16.2 Å². The quantitative estimate of drug-likeness (QED) is 0.709. The minimum atomic E-state index is -0.973. The monoisotopic (exact) mass is 236 g/mol. The van der Waals surface area contributed by atoms with Gasteiger partial charge in [-0.25, -0.2) is 4.79 Å².